The molecule has 2 saturated carbocycles. The fraction of sp³-hybridized carbons (Fsp3) is 0.765. The van der Waals surface area contributed by atoms with E-state index in [0.717, 1.165) is 24.3 Å². The second-order valence-corrected chi connectivity index (χ2v) is 7.46. The highest BCUT2D eigenvalue weighted by Gasteiger charge is 2.37. The molecule has 3 aliphatic rings. The quantitative estimate of drug-likeness (QED) is 0.459. The van der Waals surface area contributed by atoms with Gasteiger partial charge in [-0.3, -0.25) is 24.2 Å². The molecule has 0 aromatic rings. The Labute approximate surface area is 152 Å². The highest BCUT2D eigenvalue weighted by molar-refractivity contribution is 6.01. The van der Waals surface area contributed by atoms with Crippen LogP contribution in [0.2, 0.25) is 0 Å². The SMILES string of the molecule is O=C(O)CN(CC1CC1)C1CC(NC(=O)CCCN2C(=O)CNC2=O)C1. The third-order valence-electron chi connectivity index (χ3n) is 5.25. The first-order valence-electron chi connectivity index (χ1n) is 9.25. The van der Waals surface area contributed by atoms with Crippen molar-refractivity contribution in [2.45, 2.75) is 50.6 Å². The largest absolute Gasteiger partial charge is 0.480 e. The van der Waals surface area contributed by atoms with Crippen LogP contribution in [-0.4, -0.2) is 77.0 Å². The summed E-state index contributed by atoms with van der Waals surface area (Å²) in [6, 6.07) is -0.0888. The van der Waals surface area contributed by atoms with E-state index in [1.165, 1.54) is 12.8 Å². The standard InChI is InChI=1S/C17H26N4O5/c22-14(2-1-5-21-15(23)8-18-17(21)26)19-12-6-13(7-12)20(10-16(24)25)9-11-3-4-11/h11-13H,1-10H2,(H,18,26)(H,19,22)(H,24,25). The van der Waals surface area contributed by atoms with E-state index in [0.29, 0.717) is 12.3 Å². The topological polar surface area (TPSA) is 119 Å². The van der Waals surface area contributed by atoms with Crippen molar-refractivity contribution in [3.63, 3.8) is 0 Å². The summed E-state index contributed by atoms with van der Waals surface area (Å²) >= 11 is 0. The highest BCUT2D eigenvalue weighted by atomic mass is 16.4. The Morgan fingerprint density at radius 3 is 2.58 bits per heavy atom. The Hall–Kier alpha value is -2.16. The number of carbonyl (C=O) groups is 4. The van der Waals surface area contributed by atoms with Crippen LogP contribution in [0.25, 0.3) is 0 Å². The van der Waals surface area contributed by atoms with E-state index in [1.54, 1.807) is 0 Å². The summed E-state index contributed by atoms with van der Waals surface area (Å²) in [6.45, 7) is 1.18. The Bertz CT molecular complexity index is 570. The maximum absolute atomic E-state index is 12.0. The molecule has 0 unspecified atom stereocenters. The predicted octanol–water partition coefficient (Wildman–Crippen LogP) is -0.238. The molecule has 3 N–H and O–H groups in total. The van der Waals surface area contributed by atoms with Crippen LogP contribution in [0.15, 0.2) is 0 Å². The molecule has 4 amide bonds. The molecule has 0 bridgehead atoms. The van der Waals surface area contributed by atoms with Crippen molar-refractivity contribution in [3.8, 4) is 0 Å². The van der Waals surface area contributed by atoms with Gasteiger partial charge in [-0.05, 0) is 38.0 Å². The van der Waals surface area contributed by atoms with Gasteiger partial charge in [-0.2, -0.15) is 0 Å². The van der Waals surface area contributed by atoms with Crippen LogP contribution >= 0.6 is 0 Å². The number of carboxylic acids is 1. The minimum Gasteiger partial charge on any atom is -0.480 e. The zero-order chi connectivity index (χ0) is 18.7. The van der Waals surface area contributed by atoms with Crippen LogP contribution in [0.1, 0.15) is 38.5 Å². The Morgan fingerprint density at radius 1 is 1.27 bits per heavy atom. The summed E-state index contributed by atoms with van der Waals surface area (Å²) in [6.07, 6.45) is 4.62. The van der Waals surface area contributed by atoms with E-state index < -0.39 is 12.0 Å². The normalized spacial score (nSPS) is 25.2. The van der Waals surface area contributed by atoms with E-state index >= 15 is 0 Å². The van der Waals surface area contributed by atoms with Crippen LogP contribution in [0.5, 0.6) is 0 Å². The predicted molar refractivity (Wildman–Crippen MR) is 91.2 cm³/mol. The summed E-state index contributed by atoms with van der Waals surface area (Å²) in [5, 5.41) is 14.5. The molecule has 0 spiro atoms. The molecule has 26 heavy (non-hydrogen) atoms. The lowest BCUT2D eigenvalue weighted by Gasteiger charge is -2.42. The number of rotatable bonds is 10. The number of imide groups is 1. The van der Waals surface area contributed by atoms with E-state index in [2.05, 4.69) is 10.6 Å². The highest BCUT2D eigenvalue weighted by Crippen LogP contribution is 2.33. The number of amides is 4. The lowest BCUT2D eigenvalue weighted by atomic mass is 9.85. The summed E-state index contributed by atoms with van der Waals surface area (Å²) in [4.78, 5) is 49.0. The Morgan fingerprint density at radius 2 is 2.00 bits per heavy atom. The number of nitrogens with one attached hydrogen (secondary N) is 2. The van der Waals surface area contributed by atoms with Crippen LogP contribution < -0.4 is 10.6 Å². The van der Waals surface area contributed by atoms with Crippen molar-refractivity contribution in [1.29, 1.82) is 0 Å². The second-order valence-electron chi connectivity index (χ2n) is 7.46. The fourth-order valence-electron chi connectivity index (χ4n) is 3.53. The first-order valence-corrected chi connectivity index (χ1v) is 9.25. The summed E-state index contributed by atoms with van der Waals surface area (Å²) in [7, 11) is 0. The summed E-state index contributed by atoms with van der Waals surface area (Å²) in [5.74, 6) is -0.522. The van der Waals surface area contributed by atoms with Gasteiger partial charge in [0.15, 0.2) is 0 Å². The molecule has 1 saturated heterocycles. The van der Waals surface area contributed by atoms with Crippen LogP contribution in [0, 0.1) is 5.92 Å². The molecule has 3 fully saturated rings. The van der Waals surface area contributed by atoms with Gasteiger partial charge in [0.1, 0.15) is 0 Å². The Kier molecular flexibility index (Phi) is 5.75. The molecule has 9 nitrogen and oxygen atoms in total. The van der Waals surface area contributed by atoms with E-state index in [9.17, 15) is 19.2 Å². The van der Waals surface area contributed by atoms with Crippen molar-refractivity contribution in [2.24, 2.45) is 5.92 Å². The summed E-state index contributed by atoms with van der Waals surface area (Å²) < 4.78 is 0. The first-order chi connectivity index (χ1) is 12.4. The Balaban J connectivity index is 1.32. The first kappa shape index (κ1) is 18.6. The molecule has 1 aliphatic heterocycles. The maximum atomic E-state index is 12.0. The molecular formula is C17H26N4O5. The molecule has 0 aromatic carbocycles. The molecule has 0 aromatic heterocycles. The lowest BCUT2D eigenvalue weighted by Crippen LogP contribution is -2.55. The van der Waals surface area contributed by atoms with Gasteiger partial charge in [0.2, 0.25) is 11.8 Å². The van der Waals surface area contributed by atoms with E-state index in [1.807, 2.05) is 4.90 Å². The third-order valence-corrected chi connectivity index (χ3v) is 5.25. The van der Waals surface area contributed by atoms with Crippen LogP contribution in [0.4, 0.5) is 4.79 Å². The maximum Gasteiger partial charge on any atom is 0.324 e. The van der Waals surface area contributed by atoms with Gasteiger partial charge in [0.25, 0.3) is 0 Å². The van der Waals surface area contributed by atoms with Gasteiger partial charge in [-0.1, -0.05) is 0 Å². The molecule has 2 aliphatic carbocycles. The van der Waals surface area contributed by atoms with Crippen molar-refractivity contribution in [2.75, 3.05) is 26.2 Å². The average molecular weight is 366 g/mol. The van der Waals surface area contributed by atoms with E-state index in [-0.39, 0.29) is 50.0 Å². The summed E-state index contributed by atoms with van der Waals surface area (Å²) in [5.41, 5.74) is 0. The van der Waals surface area contributed by atoms with Crippen molar-refractivity contribution < 1.29 is 24.3 Å². The number of hydrogen-bond donors (Lipinski definition) is 3. The van der Waals surface area contributed by atoms with Gasteiger partial charge in [0.05, 0.1) is 13.1 Å². The molecule has 144 valence electrons. The second kappa shape index (κ2) is 8.03. The number of carbonyl (C=O) groups excluding carboxylic acids is 3. The van der Waals surface area contributed by atoms with Crippen molar-refractivity contribution >= 4 is 23.8 Å². The minimum absolute atomic E-state index is 0.0300. The monoisotopic (exact) mass is 366 g/mol. The average Bonchev–Trinajstić information content (AvgIpc) is 3.29. The molecule has 1 heterocycles. The van der Waals surface area contributed by atoms with Gasteiger partial charge in [0, 0.05) is 31.6 Å². The van der Waals surface area contributed by atoms with Crippen molar-refractivity contribution in [1.82, 2.24) is 20.4 Å². The number of nitrogens with zero attached hydrogens (tertiary/aromatic N) is 2. The molecule has 9 heteroatoms. The zero-order valence-electron chi connectivity index (χ0n) is 14.8. The minimum atomic E-state index is -0.807. The fourth-order valence-corrected chi connectivity index (χ4v) is 3.53. The number of hydrogen-bond acceptors (Lipinski definition) is 5. The molecule has 3 rings (SSSR count). The van der Waals surface area contributed by atoms with Gasteiger partial charge in [-0.25, -0.2) is 4.79 Å². The van der Waals surface area contributed by atoms with Crippen molar-refractivity contribution in [3.05, 3.63) is 0 Å². The number of aliphatic carboxylic acids is 1. The number of urea groups is 1. The van der Waals surface area contributed by atoms with Gasteiger partial charge in [-0.15, -0.1) is 0 Å². The number of carboxylic acid groups (broad SMARTS) is 1. The van der Waals surface area contributed by atoms with E-state index in [4.69, 9.17) is 5.11 Å². The van der Waals surface area contributed by atoms with Crippen LogP contribution in [0.3, 0.4) is 0 Å². The smallest absolute Gasteiger partial charge is 0.324 e. The molecular weight excluding hydrogens is 340 g/mol. The zero-order valence-corrected chi connectivity index (χ0v) is 14.8. The van der Waals surface area contributed by atoms with Gasteiger partial charge < -0.3 is 15.7 Å². The third kappa shape index (κ3) is 4.94. The van der Waals surface area contributed by atoms with Gasteiger partial charge >= 0.3 is 12.0 Å². The van der Waals surface area contributed by atoms with Crippen LogP contribution in [-0.2, 0) is 14.4 Å². The molecule has 0 atom stereocenters. The lowest BCUT2D eigenvalue weighted by molar-refractivity contribution is -0.140. The molecule has 0 radical (unpaired) electrons.